The van der Waals surface area contributed by atoms with Crippen LogP contribution in [0, 0.1) is 0 Å². The molecule has 1 aromatic rings. The summed E-state index contributed by atoms with van der Waals surface area (Å²) >= 11 is 7.05. The van der Waals surface area contributed by atoms with Crippen LogP contribution >= 0.6 is 44.3 Å². The molecular formula is C14H22Br2ClNO2. The fourth-order valence-electron chi connectivity index (χ4n) is 1.72. The molecule has 0 amide bonds. The molecular weight excluding hydrogens is 409 g/mol. The first-order chi connectivity index (χ1) is 9.19. The predicted molar refractivity (Wildman–Crippen MR) is 93.1 cm³/mol. The molecule has 0 aliphatic heterocycles. The Kier molecular flexibility index (Phi) is 11.9. The normalized spacial score (nSPS) is 10.2. The quantitative estimate of drug-likeness (QED) is 0.582. The summed E-state index contributed by atoms with van der Waals surface area (Å²) < 4.78 is 13.0. The number of nitrogens with one attached hydrogen (secondary N) is 1. The van der Waals surface area contributed by atoms with E-state index in [1.807, 2.05) is 19.9 Å². The molecule has 1 rings (SSSR count). The van der Waals surface area contributed by atoms with Crippen molar-refractivity contribution in [3.8, 4) is 5.75 Å². The van der Waals surface area contributed by atoms with Crippen molar-refractivity contribution < 1.29 is 9.47 Å². The Morgan fingerprint density at radius 2 is 1.90 bits per heavy atom. The van der Waals surface area contributed by atoms with Crippen LogP contribution in [0.2, 0.25) is 0 Å². The lowest BCUT2D eigenvalue weighted by Crippen LogP contribution is -2.17. The number of benzene rings is 1. The second-order valence-electron chi connectivity index (χ2n) is 4.04. The van der Waals surface area contributed by atoms with Crippen LogP contribution in [0.1, 0.15) is 25.8 Å². The largest absolute Gasteiger partial charge is 0.492 e. The van der Waals surface area contributed by atoms with Gasteiger partial charge in [0.15, 0.2) is 0 Å². The van der Waals surface area contributed by atoms with Gasteiger partial charge in [0.2, 0.25) is 0 Å². The molecule has 0 spiro atoms. The minimum atomic E-state index is 0. The number of ether oxygens (including phenoxy) is 2. The van der Waals surface area contributed by atoms with Crippen LogP contribution in [0.25, 0.3) is 0 Å². The Morgan fingerprint density at radius 1 is 1.15 bits per heavy atom. The Morgan fingerprint density at radius 3 is 2.55 bits per heavy atom. The zero-order valence-electron chi connectivity index (χ0n) is 11.9. The highest BCUT2D eigenvalue weighted by Gasteiger charge is 2.09. The molecule has 0 saturated carbocycles. The smallest absolute Gasteiger partial charge is 0.138 e. The minimum absolute atomic E-state index is 0. The highest BCUT2D eigenvalue weighted by Crippen LogP contribution is 2.32. The number of rotatable bonds is 9. The maximum absolute atomic E-state index is 5.69. The van der Waals surface area contributed by atoms with E-state index >= 15 is 0 Å². The van der Waals surface area contributed by atoms with Gasteiger partial charge in [-0.05, 0) is 54.9 Å². The van der Waals surface area contributed by atoms with E-state index in [-0.39, 0.29) is 12.4 Å². The first-order valence-corrected chi connectivity index (χ1v) is 8.16. The molecule has 1 N–H and O–H groups in total. The highest BCUT2D eigenvalue weighted by molar-refractivity contribution is 9.11. The summed E-state index contributed by atoms with van der Waals surface area (Å²) in [6.07, 6.45) is 1.02. The lowest BCUT2D eigenvalue weighted by atomic mass is 10.2. The molecule has 0 fully saturated rings. The highest BCUT2D eigenvalue weighted by atomic mass is 79.9. The zero-order valence-corrected chi connectivity index (χ0v) is 15.9. The van der Waals surface area contributed by atoms with Crippen LogP contribution in [0.15, 0.2) is 21.1 Å². The third-order valence-corrected chi connectivity index (χ3v) is 3.58. The lowest BCUT2D eigenvalue weighted by molar-refractivity contribution is 0.144. The van der Waals surface area contributed by atoms with Crippen LogP contribution in [-0.2, 0) is 11.3 Å². The van der Waals surface area contributed by atoms with Gasteiger partial charge in [-0.2, -0.15) is 0 Å². The summed E-state index contributed by atoms with van der Waals surface area (Å²) in [6.45, 7) is 8.00. The monoisotopic (exact) mass is 429 g/mol. The first-order valence-electron chi connectivity index (χ1n) is 6.58. The topological polar surface area (TPSA) is 30.5 Å². The maximum Gasteiger partial charge on any atom is 0.138 e. The molecule has 3 nitrogen and oxygen atoms in total. The van der Waals surface area contributed by atoms with Gasteiger partial charge in [0.1, 0.15) is 5.75 Å². The van der Waals surface area contributed by atoms with Crippen LogP contribution in [0.4, 0.5) is 0 Å². The van der Waals surface area contributed by atoms with Crippen molar-refractivity contribution in [1.29, 1.82) is 0 Å². The third-order valence-electron chi connectivity index (χ3n) is 2.54. The van der Waals surface area contributed by atoms with Gasteiger partial charge in [0.05, 0.1) is 11.1 Å². The summed E-state index contributed by atoms with van der Waals surface area (Å²) in [5.74, 6) is 0.919. The van der Waals surface area contributed by atoms with E-state index in [1.165, 1.54) is 0 Å². The fourth-order valence-corrected chi connectivity index (χ4v) is 3.15. The van der Waals surface area contributed by atoms with Gasteiger partial charge in [-0.25, -0.2) is 0 Å². The third kappa shape index (κ3) is 7.27. The Balaban J connectivity index is 0.00000361. The van der Waals surface area contributed by atoms with Gasteiger partial charge in [-0.1, -0.05) is 15.9 Å². The van der Waals surface area contributed by atoms with Crippen LogP contribution in [0.5, 0.6) is 5.75 Å². The average Bonchev–Trinajstić information content (AvgIpc) is 2.37. The molecule has 6 heteroatoms. The van der Waals surface area contributed by atoms with E-state index in [1.54, 1.807) is 0 Å². The van der Waals surface area contributed by atoms with Gasteiger partial charge in [-0.15, -0.1) is 12.4 Å². The van der Waals surface area contributed by atoms with Crippen LogP contribution in [-0.4, -0.2) is 26.4 Å². The number of hydrogen-bond acceptors (Lipinski definition) is 3. The molecule has 1 aromatic carbocycles. The van der Waals surface area contributed by atoms with Crippen molar-refractivity contribution in [2.75, 3.05) is 26.4 Å². The van der Waals surface area contributed by atoms with Gasteiger partial charge in [0.25, 0.3) is 0 Å². The van der Waals surface area contributed by atoms with E-state index in [4.69, 9.17) is 9.47 Å². The van der Waals surface area contributed by atoms with Crippen molar-refractivity contribution in [1.82, 2.24) is 5.32 Å². The summed E-state index contributed by atoms with van der Waals surface area (Å²) in [5.41, 5.74) is 1.15. The summed E-state index contributed by atoms with van der Waals surface area (Å²) in [5, 5.41) is 3.41. The van der Waals surface area contributed by atoms with E-state index in [0.29, 0.717) is 6.61 Å². The molecule has 0 radical (unpaired) electrons. The molecule has 0 aliphatic rings. The first kappa shape index (κ1) is 20.2. The van der Waals surface area contributed by atoms with Crippen molar-refractivity contribution in [3.05, 3.63) is 26.6 Å². The van der Waals surface area contributed by atoms with Crippen LogP contribution in [0.3, 0.4) is 0 Å². The van der Waals surface area contributed by atoms with Gasteiger partial charge in [-0.3, -0.25) is 0 Å². The van der Waals surface area contributed by atoms with Gasteiger partial charge in [0, 0.05) is 29.8 Å². The standard InChI is InChI=1S/C14H21Br2NO2.ClH/c1-3-18-7-5-6-17-10-11-8-12(15)9-13(16)14(11)19-4-2;/h8-9,17H,3-7,10H2,1-2H3;1H. The molecule has 0 atom stereocenters. The Hall–Kier alpha value is 0.190. The summed E-state index contributed by atoms with van der Waals surface area (Å²) in [4.78, 5) is 0. The second-order valence-corrected chi connectivity index (χ2v) is 5.81. The van der Waals surface area contributed by atoms with E-state index in [2.05, 4.69) is 43.2 Å². The molecule has 0 aliphatic carbocycles. The summed E-state index contributed by atoms with van der Waals surface area (Å²) in [6, 6.07) is 4.09. The van der Waals surface area contributed by atoms with Crippen LogP contribution < -0.4 is 10.1 Å². The van der Waals surface area contributed by atoms with E-state index < -0.39 is 0 Å². The average molecular weight is 432 g/mol. The van der Waals surface area contributed by atoms with E-state index in [9.17, 15) is 0 Å². The molecule has 0 aromatic heterocycles. The SMILES string of the molecule is CCOCCCNCc1cc(Br)cc(Br)c1OCC.Cl. The molecule has 20 heavy (non-hydrogen) atoms. The second kappa shape index (κ2) is 11.8. The summed E-state index contributed by atoms with van der Waals surface area (Å²) in [7, 11) is 0. The number of halogens is 3. The van der Waals surface area contributed by atoms with Crippen molar-refractivity contribution >= 4 is 44.3 Å². The molecule has 0 saturated heterocycles. The van der Waals surface area contributed by atoms with Crippen molar-refractivity contribution in [3.63, 3.8) is 0 Å². The number of hydrogen-bond donors (Lipinski definition) is 1. The predicted octanol–water partition coefficient (Wildman–Crippen LogP) is 4.55. The zero-order chi connectivity index (χ0) is 14.1. The van der Waals surface area contributed by atoms with E-state index in [0.717, 1.165) is 53.0 Å². The van der Waals surface area contributed by atoms with Crippen molar-refractivity contribution in [2.45, 2.75) is 26.8 Å². The minimum Gasteiger partial charge on any atom is -0.492 e. The maximum atomic E-state index is 5.69. The lowest BCUT2D eigenvalue weighted by Gasteiger charge is -2.13. The molecule has 0 heterocycles. The van der Waals surface area contributed by atoms with Crippen molar-refractivity contribution in [2.24, 2.45) is 0 Å². The molecule has 116 valence electrons. The molecule has 0 unspecified atom stereocenters. The Labute approximate surface area is 144 Å². The molecule has 0 bridgehead atoms. The Bertz CT molecular complexity index is 392. The van der Waals surface area contributed by atoms with Gasteiger partial charge < -0.3 is 14.8 Å². The fraction of sp³-hybridized carbons (Fsp3) is 0.571. The van der Waals surface area contributed by atoms with Gasteiger partial charge >= 0.3 is 0 Å².